The zero-order valence-electron chi connectivity index (χ0n) is 15.1. The molecular weight excluding hydrogens is 328 g/mol. The smallest absolute Gasteiger partial charge is 0.331 e. The standard InChI is InChI=1S/C22H24O4/c1-16-7-12-20(26-16)13-14-22(24)25-15-21(23)19-10-8-18(9-11-19)17-5-3-2-4-6-17/h7-14,17H,2-6,15H2,1H3/b14-13+. The summed E-state index contributed by atoms with van der Waals surface area (Å²) in [5.41, 5.74) is 1.87. The van der Waals surface area contributed by atoms with Gasteiger partial charge in [-0.3, -0.25) is 4.79 Å². The number of hydrogen-bond donors (Lipinski definition) is 0. The molecule has 4 heteroatoms. The van der Waals surface area contributed by atoms with Crippen molar-refractivity contribution in [3.8, 4) is 0 Å². The largest absolute Gasteiger partial charge is 0.462 e. The van der Waals surface area contributed by atoms with Gasteiger partial charge in [0.05, 0.1) is 0 Å². The summed E-state index contributed by atoms with van der Waals surface area (Å²) in [4.78, 5) is 23.9. The van der Waals surface area contributed by atoms with Gasteiger partial charge >= 0.3 is 5.97 Å². The minimum absolute atomic E-state index is 0.198. The first-order chi connectivity index (χ1) is 12.6. The normalized spacial score (nSPS) is 15.3. The number of carbonyl (C=O) groups is 2. The SMILES string of the molecule is Cc1ccc(/C=C/C(=O)OCC(=O)c2ccc(C3CCCCC3)cc2)o1. The van der Waals surface area contributed by atoms with Crippen LogP contribution in [0.4, 0.5) is 0 Å². The highest BCUT2D eigenvalue weighted by Crippen LogP contribution is 2.32. The lowest BCUT2D eigenvalue weighted by atomic mass is 9.84. The van der Waals surface area contributed by atoms with Crippen molar-refractivity contribution in [2.75, 3.05) is 6.61 Å². The van der Waals surface area contributed by atoms with Gasteiger partial charge < -0.3 is 9.15 Å². The van der Waals surface area contributed by atoms with Gasteiger partial charge in [0.25, 0.3) is 0 Å². The monoisotopic (exact) mass is 352 g/mol. The number of benzene rings is 1. The third kappa shape index (κ3) is 4.94. The number of furan rings is 1. The lowest BCUT2D eigenvalue weighted by Gasteiger charge is -2.22. The van der Waals surface area contributed by atoms with E-state index in [1.54, 1.807) is 6.07 Å². The molecule has 2 aromatic rings. The Labute approximate surface area is 153 Å². The Hall–Kier alpha value is -2.62. The van der Waals surface area contributed by atoms with Crippen molar-refractivity contribution in [3.05, 3.63) is 65.1 Å². The summed E-state index contributed by atoms with van der Waals surface area (Å²) in [5.74, 6) is 1.19. The molecule has 0 amide bonds. The van der Waals surface area contributed by atoms with Gasteiger partial charge in [-0.05, 0) is 49.5 Å². The van der Waals surface area contributed by atoms with Crippen LogP contribution >= 0.6 is 0 Å². The molecule has 0 unspecified atom stereocenters. The van der Waals surface area contributed by atoms with Crippen molar-refractivity contribution in [2.24, 2.45) is 0 Å². The minimum atomic E-state index is -0.564. The molecule has 26 heavy (non-hydrogen) atoms. The van der Waals surface area contributed by atoms with Crippen LogP contribution in [0, 0.1) is 6.92 Å². The number of ether oxygens (including phenoxy) is 1. The first kappa shape index (κ1) is 18.2. The highest BCUT2D eigenvalue weighted by molar-refractivity contribution is 5.98. The van der Waals surface area contributed by atoms with E-state index in [1.807, 2.05) is 37.3 Å². The fraction of sp³-hybridized carbons (Fsp3) is 0.364. The van der Waals surface area contributed by atoms with Gasteiger partial charge in [-0.1, -0.05) is 43.5 Å². The van der Waals surface area contributed by atoms with Crippen LogP contribution in [-0.4, -0.2) is 18.4 Å². The second-order valence-electron chi connectivity index (χ2n) is 6.77. The molecule has 0 bridgehead atoms. The molecule has 1 aliphatic carbocycles. The Bertz CT molecular complexity index is 777. The summed E-state index contributed by atoms with van der Waals surface area (Å²) in [7, 11) is 0. The molecule has 0 saturated heterocycles. The molecule has 136 valence electrons. The summed E-state index contributed by atoms with van der Waals surface area (Å²) in [6.07, 6.45) is 9.14. The summed E-state index contributed by atoms with van der Waals surface area (Å²) in [6.45, 7) is 1.57. The number of hydrogen-bond acceptors (Lipinski definition) is 4. The molecule has 0 atom stereocenters. The molecule has 1 aromatic carbocycles. The van der Waals surface area contributed by atoms with E-state index in [0.717, 1.165) is 5.76 Å². The summed E-state index contributed by atoms with van der Waals surface area (Å²) in [6, 6.07) is 11.3. The number of ketones is 1. The number of aryl methyl sites for hydroxylation is 1. The van der Waals surface area contributed by atoms with Crippen LogP contribution in [0.3, 0.4) is 0 Å². The van der Waals surface area contributed by atoms with E-state index < -0.39 is 5.97 Å². The van der Waals surface area contributed by atoms with Crippen LogP contribution in [0.5, 0.6) is 0 Å². The number of esters is 1. The van der Waals surface area contributed by atoms with Crippen LogP contribution < -0.4 is 0 Å². The molecule has 1 aromatic heterocycles. The van der Waals surface area contributed by atoms with Crippen molar-refractivity contribution >= 4 is 17.8 Å². The van der Waals surface area contributed by atoms with Crippen molar-refractivity contribution in [1.82, 2.24) is 0 Å². The topological polar surface area (TPSA) is 56.5 Å². The predicted molar refractivity (Wildman–Crippen MR) is 100 cm³/mol. The summed E-state index contributed by atoms with van der Waals surface area (Å²) in [5, 5.41) is 0. The Balaban J connectivity index is 1.49. The second kappa shape index (κ2) is 8.65. The number of Topliss-reactive ketones (excluding diaryl/α,β-unsaturated/α-hetero) is 1. The molecule has 0 N–H and O–H groups in total. The molecular formula is C22H24O4. The van der Waals surface area contributed by atoms with Gasteiger partial charge in [0.2, 0.25) is 0 Å². The summed E-state index contributed by atoms with van der Waals surface area (Å²) < 4.78 is 10.3. The predicted octanol–water partition coefficient (Wildman–Crippen LogP) is 5.08. The average molecular weight is 352 g/mol. The fourth-order valence-corrected chi connectivity index (χ4v) is 3.34. The highest BCUT2D eigenvalue weighted by atomic mass is 16.5. The first-order valence-corrected chi connectivity index (χ1v) is 9.16. The zero-order valence-corrected chi connectivity index (χ0v) is 15.1. The molecule has 0 aliphatic heterocycles. The molecule has 0 radical (unpaired) electrons. The fourth-order valence-electron chi connectivity index (χ4n) is 3.34. The quantitative estimate of drug-likeness (QED) is 0.413. The van der Waals surface area contributed by atoms with E-state index in [2.05, 4.69) is 0 Å². The van der Waals surface area contributed by atoms with Gasteiger partial charge in [-0.2, -0.15) is 0 Å². The van der Waals surface area contributed by atoms with Gasteiger partial charge in [0, 0.05) is 11.6 Å². The molecule has 1 heterocycles. The van der Waals surface area contributed by atoms with Crippen molar-refractivity contribution in [1.29, 1.82) is 0 Å². The highest BCUT2D eigenvalue weighted by Gasteiger charge is 2.16. The maximum Gasteiger partial charge on any atom is 0.331 e. The van der Waals surface area contributed by atoms with E-state index in [-0.39, 0.29) is 12.4 Å². The van der Waals surface area contributed by atoms with E-state index >= 15 is 0 Å². The van der Waals surface area contributed by atoms with Gasteiger partial charge in [-0.15, -0.1) is 0 Å². The van der Waals surface area contributed by atoms with E-state index in [1.165, 1.54) is 49.8 Å². The van der Waals surface area contributed by atoms with Crippen molar-refractivity contribution < 1.29 is 18.7 Å². The molecule has 0 spiro atoms. The molecule has 1 fully saturated rings. The van der Waals surface area contributed by atoms with Gasteiger partial charge in [0.1, 0.15) is 11.5 Å². The minimum Gasteiger partial charge on any atom is -0.462 e. The Kier molecular flexibility index (Phi) is 6.05. The van der Waals surface area contributed by atoms with Crippen molar-refractivity contribution in [2.45, 2.75) is 44.9 Å². The van der Waals surface area contributed by atoms with Gasteiger partial charge in [-0.25, -0.2) is 4.79 Å². The Morgan fingerprint density at radius 2 is 1.81 bits per heavy atom. The van der Waals surface area contributed by atoms with Crippen LogP contribution in [-0.2, 0) is 9.53 Å². The first-order valence-electron chi connectivity index (χ1n) is 9.16. The molecule has 1 saturated carbocycles. The van der Waals surface area contributed by atoms with Crippen LogP contribution in [0.15, 0.2) is 46.9 Å². The molecule has 1 aliphatic rings. The Morgan fingerprint density at radius 1 is 1.08 bits per heavy atom. The van der Waals surface area contributed by atoms with E-state index in [4.69, 9.17) is 9.15 Å². The van der Waals surface area contributed by atoms with Crippen molar-refractivity contribution in [3.63, 3.8) is 0 Å². The average Bonchev–Trinajstić information content (AvgIpc) is 3.10. The van der Waals surface area contributed by atoms with Gasteiger partial charge in [0.15, 0.2) is 12.4 Å². The Morgan fingerprint density at radius 3 is 2.46 bits per heavy atom. The summed E-state index contributed by atoms with van der Waals surface area (Å²) >= 11 is 0. The number of rotatable bonds is 6. The molecule has 3 rings (SSSR count). The van der Waals surface area contributed by atoms with E-state index in [0.29, 0.717) is 17.2 Å². The molecule has 4 nitrogen and oxygen atoms in total. The maximum atomic E-state index is 12.2. The van der Waals surface area contributed by atoms with Crippen LogP contribution in [0.2, 0.25) is 0 Å². The third-order valence-electron chi connectivity index (χ3n) is 4.80. The van der Waals surface area contributed by atoms with E-state index in [9.17, 15) is 9.59 Å². The van der Waals surface area contributed by atoms with Crippen LogP contribution in [0.1, 0.15) is 65.5 Å². The maximum absolute atomic E-state index is 12.2. The third-order valence-corrected chi connectivity index (χ3v) is 4.80. The second-order valence-corrected chi connectivity index (χ2v) is 6.77. The zero-order chi connectivity index (χ0) is 18.4. The number of carbonyl (C=O) groups excluding carboxylic acids is 2. The lowest BCUT2D eigenvalue weighted by Crippen LogP contribution is -2.13. The van der Waals surface area contributed by atoms with Crippen LogP contribution in [0.25, 0.3) is 6.08 Å². The lowest BCUT2D eigenvalue weighted by molar-refractivity contribution is -0.136.